The molecule has 1 heteroatoms. The summed E-state index contributed by atoms with van der Waals surface area (Å²) in [6, 6.07) is 19.8. The van der Waals surface area contributed by atoms with E-state index in [-0.39, 0.29) is 0 Å². The Labute approximate surface area is 111 Å². The number of hydrogen-bond acceptors (Lipinski definition) is 0. The topological polar surface area (TPSA) is 4.93 Å². The highest BCUT2D eigenvalue weighted by Crippen LogP contribution is 2.48. The van der Waals surface area contributed by atoms with Crippen molar-refractivity contribution in [1.29, 1.82) is 0 Å². The molecule has 90 valence electrons. The molecule has 1 aliphatic heterocycles. The van der Waals surface area contributed by atoms with Gasteiger partial charge in [-0.3, -0.25) is 0 Å². The van der Waals surface area contributed by atoms with Gasteiger partial charge in [0.1, 0.15) is 0 Å². The third-order valence-electron chi connectivity index (χ3n) is 4.37. The molecule has 2 aliphatic rings. The molecule has 1 nitrogen and oxygen atoms in total. The number of aromatic nitrogens is 1. The SMILES string of the molecule is C1=C2c3ccccc3-c3cc4ccccc4n3CC12. The zero-order valence-electron chi connectivity index (χ0n) is 10.5. The van der Waals surface area contributed by atoms with Gasteiger partial charge in [0, 0.05) is 34.6 Å². The predicted molar refractivity (Wildman–Crippen MR) is 78.8 cm³/mol. The normalized spacial score (nSPS) is 19.2. The highest BCUT2D eigenvalue weighted by Gasteiger charge is 2.32. The first kappa shape index (κ1) is 9.62. The molecular weight excluding hydrogens is 230 g/mol. The third-order valence-corrected chi connectivity index (χ3v) is 4.37. The maximum atomic E-state index is 2.48. The quantitative estimate of drug-likeness (QED) is 0.553. The van der Waals surface area contributed by atoms with Gasteiger partial charge in [0.25, 0.3) is 0 Å². The van der Waals surface area contributed by atoms with E-state index in [4.69, 9.17) is 0 Å². The summed E-state index contributed by atoms with van der Waals surface area (Å²) in [6.45, 7) is 1.09. The van der Waals surface area contributed by atoms with E-state index in [0.717, 1.165) is 6.54 Å². The van der Waals surface area contributed by atoms with Crippen molar-refractivity contribution in [2.24, 2.45) is 5.92 Å². The van der Waals surface area contributed by atoms with Gasteiger partial charge >= 0.3 is 0 Å². The van der Waals surface area contributed by atoms with Crippen molar-refractivity contribution in [3.63, 3.8) is 0 Å². The van der Waals surface area contributed by atoms with Crippen molar-refractivity contribution in [2.75, 3.05) is 0 Å². The molecule has 1 aromatic heterocycles. The Hall–Kier alpha value is -2.28. The van der Waals surface area contributed by atoms with Crippen molar-refractivity contribution in [3.05, 3.63) is 66.2 Å². The zero-order chi connectivity index (χ0) is 12.4. The zero-order valence-corrected chi connectivity index (χ0v) is 10.5. The largest absolute Gasteiger partial charge is 0.340 e. The van der Waals surface area contributed by atoms with Crippen LogP contribution < -0.4 is 0 Å². The second-order valence-electron chi connectivity index (χ2n) is 5.47. The van der Waals surface area contributed by atoms with Crippen molar-refractivity contribution < 1.29 is 0 Å². The number of hydrogen-bond donors (Lipinski definition) is 0. The first-order valence-electron chi connectivity index (χ1n) is 6.81. The Kier molecular flexibility index (Phi) is 1.61. The average molecular weight is 243 g/mol. The molecule has 0 radical (unpaired) electrons. The van der Waals surface area contributed by atoms with Crippen LogP contribution in [-0.2, 0) is 6.54 Å². The molecule has 0 bridgehead atoms. The number of fused-ring (bicyclic) bond motifs is 7. The Balaban J connectivity index is 1.92. The van der Waals surface area contributed by atoms with E-state index in [1.165, 1.54) is 33.3 Å². The van der Waals surface area contributed by atoms with Gasteiger partial charge in [0.05, 0.1) is 0 Å². The molecule has 2 heterocycles. The molecule has 19 heavy (non-hydrogen) atoms. The lowest BCUT2D eigenvalue weighted by Gasteiger charge is -2.08. The molecule has 2 aromatic carbocycles. The van der Waals surface area contributed by atoms with Crippen LogP contribution in [0.15, 0.2) is 60.7 Å². The van der Waals surface area contributed by atoms with Crippen LogP contribution >= 0.6 is 0 Å². The van der Waals surface area contributed by atoms with E-state index in [9.17, 15) is 0 Å². The Bertz CT molecular complexity index is 851. The number of allylic oxidation sites excluding steroid dienone is 2. The first-order chi connectivity index (χ1) is 9.42. The third kappa shape index (κ3) is 1.20. The standard InChI is InChI=1S/C18H13N/c1-4-8-17-12(5-1)10-18-15-7-3-2-6-14(15)16-9-13(16)11-19(17)18/h1-10,13H,11H2. The monoisotopic (exact) mass is 243 g/mol. The Morgan fingerprint density at radius 1 is 0.895 bits per heavy atom. The van der Waals surface area contributed by atoms with Gasteiger partial charge in [-0.1, -0.05) is 48.5 Å². The molecule has 0 N–H and O–H groups in total. The van der Waals surface area contributed by atoms with Gasteiger partial charge in [-0.25, -0.2) is 0 Å². The summed E-state index contributed by atoms with van der Waals surface area (Å²) in [7, 11) is 0. The lowest BCUT2D eigenvalue weighted by molar-refractivity contribution is 0.701. The molecular formula is C18H13N. The summed E-state index contributed by atoms with van der Waals surface area (Å²) in [5.74, 6) is 0.637. The van der Waals surface area contributed by atoms with Crippen molar-refractivity contribution in [2.45, 2.75) is 6.54 Å². The fraction of sp³-hybridized carbons (Fsp3) is 0.111. The summed E-state index contributed by atoms with van der Waals surface area (Å²) in [6.07, 6.45) is 2.40. The second-order valence-corrected chi connectivity index (χ2v) is 5.47. The van der Waals surface area contributed by atoms with Crippen molar-refractivity contribution >= 4 is 16.5 Å². The molecule has 3 aromatic rings. The van der Waals surface area contributed by atoms with Gasteiger partial charge in [-0.2, -0.15) is 0 Å². The Morgan fingerprint density at radius 3 is 2.63 bits per heavy atom. The van der Waals surface area contributed by atoms with E-state index in [2.05, 4.69) is 65.2 Å². The average Bonchev–Trinajstić information content (AvgIpc) is 3.15. The summed E-state index contributed by atoms with van der Waals surface area (Å²) in [5.41, 5.74) is 7.06. The molecule has 0 saturated heterocycles. The highest BCUT2D eigenvalue weighted by atomic mass is 15.0. The van der Waals surface area contributed by atoms with Crippen molar-refractivity contribution in [1.82, 2.24) is 4.57 Å². The van der Waals surface area contributed by atoms with E-state index >= 15 is 0 Å². The van der Waals surface area contributed by atoms with E-state index in [0.29, 0.717) is 5.92 Å². The lowest BCUT2D eigenvalue weighted by Crippen LogP contribution is -2.00. The minimum absolute atomic E-state index is 0.637. The van der Waals surface area contributed by atoms with Crippen LogP contribution in [0.1, 0.15) is 5.56 Å². The van der Waals surface area contributed by atoms with Crippen LogP contribution in [0.3, 0.4) is 0 Å². The molecule has 0 spiro atoms. The maximum Gasteiger partial charge on any atom is 0.0497 e. The minimum atomic E-state index is 0.637. The number of para-hydroxylation sites is 1. The molecule has 1 atom stereocenters. The number of benzene rings is 2. The fourth-order valence-electron chi connectivity index (χ4n) is 3.39. The van der Waals surface area contributed by atoms with E-state index in [1.807, 2.05) is 0 Å². The van der Waals surface area contributed by atoms with Crippen LogP contribution in [0.4, 0.5) is 0 Å². The van der Waals surface area contributed by atoms with Crippen LogP contribution in [0.5, 0.6) is 0 Å². The molecule has 0 fully saturated rings. The number of rotatable bonds is 0. The van der Waals surface area contributed by atoms with Crippen LogP contribution in [0.2, 0.25) is 0 Å². The molecule has 1 unspecified atom stereocenters. The molecule has 0 saturated carbocycles. The Morgan fingerprint density at radius 2 is 1.68 bits per heavy atom. The smallest absolute Gasteiger partial charge is 0.0497 e. The van der Waals surface area contributed by atoms with Gasteiger partial charge in [0.15, 0.2) is 0 Å². The lowest BCUT2D eigenvalue weighted by atomic mass is 10.0. The maximum absolute atomic E-state index is 2.48. The van der Waals surface area contributed by atoms with Crippen LogP contribution in [0, 0.1) is 5.92 Å². The summed E-state index contributed by atoms with van der Waals surface area (Å²) < 4.78 is 2.48. The van der Waals surface area contributed by atoms with E-state index in [1.54, 1.807) is 0 Å². The van der Waals surface area contributed by atoms with Crippen LogP contribution in [0.25, 0.3) is 27.7 Å². The second kappa shape index (κ2) is 3.18. The molecule has 5 rings (SSSR count). The van der Waals surface area contributed by atoms with Gasteiger partial charge in [0.2, 0.25) is 0 Å². The van der Waals surface area contributed by atoms with Crippen LogP contribution in [-0.4, -0.2) is 4.57 Å². The van der Waals surface area contributed by atoms with Gasteiger partial charge < -0.3 is 4.57 Å². The summed E-state index contributed by atoms with van der Waals surface area (Å²) in [4.78, 5) is 0. The summed E-state index contributed by atoms with van der Waals surface area (Å²) >= 11 is 0. The van der Waals surface area contributed by atoms with Gasteiger partial charge in [-0.15, -0.1) is 0 Å². The number of nitrogens with zero attached hydrogens (tertiary/aromatic N) is 1. The predicted octanol–water partition coefficient (Wildman–Crippen LogP) is 4.34. The first-order valence-corrected chi connectivity index (χ1v) is 6.81. The van der Waals surface area contributed by atoms with Crippen molar-refractivity contribution in [3.8, 4) is 11.3 Å². The summed E-state index contributed by atoms with van der Waals surface area (Å²) in [5, 5.41) is 1.34. The van der Waals surface area contributed by atoms with Gasteiger partial charge in [-0.05, 0) is 23.3 Å². The molecule has 1 aliphatic carbocycles. The highest BCUT2D eigenvalue weighted by molar-refractivity contribution is 5.95. The fourth-order valence-corrected chi connectivity index (χ4v) is 3.39. The van der Waals surface area contributed by atoms with E-state index < -0.39 is 0 Å². The molecule has 0 amide bonds. The minimum Gasteiger partial charge on any atom is -0.340 e.